The SMILES string of the molecule is CC1(C#N)CC1c1cc[nH]c1. The van der Waals surface area contributed by atoms with Crippen LogP contribution in [-0.4, -0.2) is 4.98 Å². The monoisotopic (exact) mass is 146 g/mol. The van der Waals surface area contributed by atoms with E-state index in [0.717, 1.165) is 6.42 Å². The summed E-state index contributed by atoms with van der Waals surface area (Å²) in [7, 11) is 0. The second-order valence-electron chi connectivity index (χ2n) is 3.43. The summed E-state index contributed by atoms with van der Waals surface area (Å²) in [5.74, 6) is 0.471. The van der Waals surface area contributed by atoms with Crippen molar-refractivity contribution < 1.29 is 0 Å². The quantitative estimate of drug-likeness (QED) is 0.647. The zero-order valence-electron chi connectivity index (χ0n) is 6.46. The number of H-pyrrole nitrogens is 1. The maximum absolute atomic E-state index is 8.77. The second-order valence-corrected chi connectivity index (χ2v) is 3.43. The van der Waals surface area contributed by atoms with E-state index in [0.29, 0.717) is 5.92 Å². The minimum absolute atomic E-state index is 0.0812. The summed E-state index contributed by atoms with van der Waals surface area (Å²) in [5, 5.41) is 8.77. The molecule has 2 heteroatoms. The van der Waals surface area contributed by atoms with Crippen molar-refractivity contribution in [1.82, 2.24) is 4.98 Å². The van der Waals surface area contributed by atoms with Crippen LogP contribution in [0.2, 0.25) is 0 Å². The number of nitriles is 1. The van der Waals surface area contributed by atoms with Crippen molar-refractivity contribution in [3.8, 4) is 6.07 Å². The number of aromatic nitrogens is 1. The Morgan fingerprint density at radius 2 is 2.64 bits per heavy atom. The van der Waals surface area contributed by atoms with Gasteiger partial charge >= 0.3 is 0 Å². The number of hydrogen-bond acceptors (Lipinski definition) is 1. The molecule has 2 atom stereocenters. The molecular formula is C9H10N2. The Labute approximate surface area is 65.9 Å². The molecule has 0 amide bonds. The molecule has 2 nitrogen and oxygen atoms in total. The minimum atomic E-state index is -0.0812. The van der Waals surface area contributed by atoms with Crippen LogP contribution in [0.4, 0.5) is 0 Å². The smallest absolute Gasteiger partial charge is 0.0693 e. The van der Waals surface area contributed by atoms with Crippen molar-refractivity contribution in [2.75, 3.05) is 0 Å². The molecule has 1 aromatic rings. The van der Waals surface area contributed by atoms with Gasteiger partial charge in [0.25, 0.3) is 0 Å². The normalized spacial score (nSPS) is 34.7. The predicted molar refractivity (Wildman–Crippen MR) is 41.9 cm³/mol. The molecular weight excluding hydrogens is 136 g/mol. The molecule has 1 aliphatic carbocycles. The number of hydrogen-bond donors (Lipinski definition) is 1. The Morgan fingerprint density at radius 3 is 3.09 bits per heavy atom. The summed E-state index contributed by atoms with van der Waals surface area (Å²) in [6.07, 6.45) is 4.90. The van der Waals surface area contributed by atoms with E-state index in [1.54, 1.807) is 0 Å². The van der Waals surface area contributed by atoms with Crippen LogP contribution < -0.4 is 0 Å². The summed E-state index contributed by atoms with van der Waals surface area (Å²) in [6.45, 7) is 2.02. The first-order chi connectivity index (χ1) is 5.26. The highest BCUT2D eigenvalue weighted by molar-refractivity contribution is 5.31. The molecule has 1 saturated carbocycles. The molecule has 0 aromatic carbocycles. The van der Waals surface area contributed by atoms with Gasteiger partial charge in [-0.15, -0.1) is 0 Å². The van der Waals surface area contributed by atoms with Gasteiger partial charge in [-0.05, 0) is 25.0 Å². The Hall–Kier alpha value is -1.23. The van der Waals surface area contributed by atoms with E-state index >= 15 is 0 Å². The third kappa shape index (κ3) is 0.848. The molecule has 1 fully saturated rings. The van der Waals surface area contributed by atoms with Crippen molar-refractivity contribution in [3.05, 3.63) is 24.0 Å². The Balaban J connectivity index is 2.21. The van der Waals surface area contributed by atoms with Gasteiger partial charge in [-0.3, -0.25) is 0 Å². The van der Waals surface area contributed by atoms with Crippen molar-refractivity contribution in [2.24, 2.45) is 5.41 Å². The zero-order chi connectivity index (χ0) is 7.90. The van der Waals surface area contributed by atoms with Crippen LogP contribution in [0.1, 0.15) is 24.8 Å². The summed E-state index contributed by atoms with van der Waals surface area (Å²) in [6, 6.07) is 4.39. The highest BCUT2D eigenvalue weighted by Gasteiger charge is 2.51. The van der Waals surface area contributed by atoms with Gasteiger partial charge in [-0.1, -0.05) is 0 Å². The van der Waals surface area contributed by atoms with Crippen molar-refractivity contribution in [3.63, 3.8) is 0 Å². The molecule has 0 aliphatic heterocycles. The Morgan fingerprint density at radius 1 is 1.82 bits per heavy atom. The van der Waals surface area contributed by atoms with Crippen molar-refractivity contribution in [2.45, 2.75) is 19.3 Å². The van der Waals surface area contributed by atoms with E-state index in [-0.39, 0.29) is 5.41 Å². The van der Waals surface area contributed by atoms with E-state index < -0.39 is 0 Å². The van der Waals surface area contributed by atoms with Gasteiger partial charge in [-0.25, -0.2) is 0 Å². The van der Waals surface area contributed by atoms with Gasteiger partial charge in [0.05, 0.1) is 11.5 Å². The maximum atomic E-state index is 8.77. The lowest BCUT2D eigenvalue weighted by Gasteiger charge is -1.95. The Kier molecular flexibility index (Phi) is 1.11. The number of rotatable bonds is 1. The first kappa shape index (κ1) is 6.48. The van der Waals surface area contributed by atoms with Crippen molar-refractivity contribution in [1.29, 1.82) is 5.26 Å². The molecule has 1 N–H and O–H groups in total. The van der Waals surface area contributed by atoms with Crippen molar-refractivity contribution >= 4 is 0 Å². The maximum Gasteiger partial charge on any atom is 0.0693 e. The standard InChI is InChI=1S/C9H10N2/c1-9(6-10)4-8(9)7-2-3-11-5-7/h2-3,5,8,11H,4H2,1H3. The van der Waals surface area contributed by atoms with Crippen LogP contribution in [-0.2, 0) is 0 Å². The highest BCUT2D eigenvalue weighted by Crippen LogP contribution is 2.58. The molecule has 11 heavy (non-hydrogen) atoms. The molecule has 56 valence electrons. The van der Waals surface area contributed by atoms with Gasteiger partial charge in [0.2, 0.25) is 0 Å². The van der Waals surface area contributed by atoms with Gasteiger partial charge in [0.15, 0.2) is 0 Å². The van der Waals surface area contributed by atoms with Crippen LogP contribution in [0, 0.1) is 16.7 Å². The lowest BCUT2D eigenvalue weighted by molar-refractivity contribution is 0.727. The fourth-order valence-electron chi connectivity index (χ4n) is 1.53. The van der Waals surface area contributed by atoms with Gasteiger partial charge in [-0.2, -0.15) is 5.26 Å². The van der Waals surface area contributed by atoms with E-state index in [1.807, 2.05) is 25.4 Å². The van der Waals surface area contributed by atoms with E-state index in [9.17, 15) is 0 Å². The molecule has 0 saturated heterocycles. The molecule has 0 bridgehead atoms. The molecule has 0 spiro atoms. The predicted octanol–water partition coefficient (Wildman–Crippen LogP) is 2.03. The van der Waals surface area contributed by atoms with Gasteiger partial charge < -0.3 is 4.98 Å². The molecule has 1 heterocycles. The summed E-state index contributed by atoms with van der Waals surface area (Å²) >= 11 is 0. The van der Waals surface area contributed by atoms with Gasteiger partial charge in [0, 0.05) is 18.3 Å². The third-order valence-electron chi connectivity index (χ3n) is 2.52. The number of nitrogens with one attached hydrogen (secondary N) is 1. The fourth-order valence-corrected chi connectivity index (χ4v) is 1.53. The van der Waals surface area contributed by atoms with Crippen LogP contribution in [0.25, 0.3) is 0 Å². The van der Waals surface area contributed by atoms with Crippen LogP contribution >= 0.6 is 0 Å². The summed E-state index contributed by atoms with van der Waals surface area (Å²) in [4.78, 5) is 3.00. The zero-order valence-corrected chi connectivity index (χ0v) is 6.46. The fraction of sp³-hybridized carbons (Fsp3) is 0.444. The van der Waals surface area contributed by atoms with Crippen LogP contribution in [0.5, 0.6) is 0 Å². The summed E-state index contributed by atoms with van der Waals surface area (Å²) in [5.41, 5.74) is 1.19. The third-order valence-corrected chi connectivity index (χ3v) is 2.52. The molecule has 2 rings (SSSR count). The summed E-state index contributed by atoms with van der Waals surface area (Å²) < 4.78 is 0. The lowest BCUT2D eigenvalue weighted by atomic mass is 10.1. The lowest BCUT2D eigenvalue weighted by Crippen LogP contribution is -1.90. The van der Waals surface area contributed by atoms with E-state index in [1.165, 1.54) is 5.56 Å². The molecule has 0 radical (unpaired) electrons. The number of aromatic amines is 1. The first-order valence-corrected chi connectivity index (χ1v) is 3.80. The van der Waals surface area contributed by atoms with Gasteiger partial charge in [0.1, 0.15) is 0 Å². The Bertz CT molecular complexity index is 294. The average Bonchev–Trinajstić information content (AvgIpc) is 2.53. The van der Waals surface area contributed by atoms with Crippen LogP contribution in [0.15, 0.2) is 18.5 Å². The van der Waals surface area contributed by atoms with Crippen LogP contribution in [0.3, 0.4) is 0 Å². The number of nitrogens with zero attached hydrogens (tertiary/aromatic N) is 1. The molecule has 2 unspecified atom stereocenters. The first-order valence-electron chi connectivity index (χ1n) is 3.80. The molecule has 1 aliphatic rings. The minimum Gasteiger partial charge on any atom is -0.367 e. The van der Waals surface area contributed by atoms with E-state index in [2.05, 4.69) is 11.1 Å². The average molecular weight is 146 g/mol. The largest absolute Gasteiger partial charge is 0.367 e. The molecule has 1 aromatic heterocycles. The topological polar surface area (TPSA) is 39.6 Å². The highest BCUT2D eigenvalue weighted by atomic mass is 14.7. The van der Waals surface area contributed by atoms with E-state index in [4.69, 9.17) is 5.26 Å². The second kappa shape index (κ2) is 1.88.